The lowest BCUT2D eigenvalue weighted by molar-refractivity contribution is -0.134. The van der Waals surface area contributed by atoms with Crippen LogP contribution < -0.4 is 4.90 Å². The van der Waals surface area contributed by atoms with Gasteiger partial charge >= 0.3 is 12.1 Å². The number of cyclic esters (lactones) is 1. The average Bonchev–Trinajstić information content (AvgIpc) is 3.18. The lowest BCUT2D eigenvalue weighted by Gasteiger charge is -2.27. The van der Waals surface area contributed by atoms with Crippen LogP contribution in [0, 0.1) is 0 Å². The Labute approximate surface area is 178 Å². The zero-order chi connectivity index (χ0) is 21.2. The van der Waals surface area contributed by atoms with Gasteiger partial charge in [0.25, 0.3) is 0 Å². The highest BCUT2D eigenvalue weighted by molar-refractivity contribution is 5.96. The van der Waals surface area contributed by atoms with E-state index in [1.807, 2.05) is 35.2 Å². The number of carbonyl (C=O) groups excluding carboxylic acids is 3. The molecule has 0 radical (unpaired) electrons. The Balaban J connectivity index is 1.23. The number of amides is 2. The second kappa shape index (κ2) is 6.29. The Morgan fingerprint density at radius 1 is 1.03 bits per heavy atom. The number of hydrogen-bond donors (Lipinski definition) is 0. The minimum atomic E-state index is -0.763. The van der Waals surface area contributed by atoms with Gasteiger partial charge in [-0.05, 0) is 36.6 Å². The van der Waals surface area contributed by atoms with Crippen LogP contribution in [0.5, 0.6) is 0 Å². The first-order chi connectivity index (χ1) is 15.0. The molecule has 4 heterocycles. The van der Waals surface area contributed by atoms with Crippen LogP contribution in [0.15, 0.2) is 42.7 Å². The van der Waals surface area contributed by atoms with Crippen LogP contribution in [0.2, 0.25) is 0 Å². The first kappa shape index (κ1) is 18.4. The van der Waals surface area contributed by atoms with Gasteiger partial charge in [-0.25, -0.2) is 9.59 Å². The van der Waals surface area contributed by atoms with Gasteiger partial charge in [-0.2, -0.15) is 0 Å². The molecule has 4 aliphatic rings. The van der Waals surface area contributed by atoms with Gasteiger partial charge in [0, 0.05) is 36.6 Å². The predicted octanol–water partition coefficient (Wildman–Crippen LogP) is 2.37. The third kappa shape index (κ3) is 2.60. The fraction of sp³-hybridized carbons (Fsp3) is 0.391. The number of aromatic nitrogens is 1. The smallest absolute Gasteiger partial charge is 0.414 e. The number of hydrogen-bond acceptors (Lipinski definition) is 6. The Bertz CT molecular complexity index is 1110. The number of pyridine rings is 1. The van der Waals surface area contributed by atoms with Gasteiger partial charge in [0.2, 0.25) is 5.91 Å². The molecule has 1 atom stereocenters. The molecule has 3 fully saturated rings. The normalized spacial score (nSPS) is 25.5. The number of carbonyl (C=O) groups is 3. The Hall–Kier alpha value is -3.42. The molecular weight excluding hydrogens is 398 g/mol. The molecule has 8 heteroatoms. The molecule has 1 spiro atoms. The lowest BCUT2D eigenvalue weighted by atomic mass is 9.92. The van der Waals surface area contributed by atoms with E-state index in [-0.39, 0.29) is 18.0 Å². The second-order valence-corrected chi connectivity index (χ2v) is 8.68. The number of rotatable bonds is 3. The topological polar surface area (TPSA) is 89.0 Å². The summed E-state index contributed by atoms with van der Waals surface area (Å²) in [5.41, 5.74) is 1.77. The van der Waals surface area contributed by atoms with E-state index in [0.717, 1.165) is 29.7 Å². The van der Waals surface area contributed by atoms with Crippen molar-refractivity contribution < 1.29 is 23.9 Å². The van der Waals surface area contributed by atoms with Crippen LogP contribution >= 0.6 is 0 Å². The van der Waals surface area contributed by atoms with Crippen molar-refractivity contribution in [2.45, 2.75) is 30.3 Å². The zero-order valence-electron chi connectivity index (χ0n) is 16.9. The largest absolute Gasteiger partial charge is 0.449 e. The number of nitrogens with zero attached hydrogens (tertiary/aromatic N) is 3. The summed E-state index contributed by atoms with van der Waals surface area (Å²) in [5, 5.41) is 0. The molecule has 2 aromatic rings. The van der Waals surface area contributed by atoms with Gasteiger partial charge in [-0.1, -0.05) is 12.1 Å². The minimum Gasteiger partial charge on any atom is -0.449 e. The molecule has 158 valence electrons. The highest BCUT2D eigenvalue weighted by Gasteiger charge is 2.57. The summed E-state index contributed by atoms with van der Waals surface area (Å²) in [5.74, 6) is -0.286. The Kier molecular flexibility index (Phi) is 3.73. The van der Waals surface area contributed by atoms with Crippen LogP contribution in [0.25, 0.3) is 0 Å². The van der Waals surface area contributed by atoms with Gasteiger partial charge < -0.3 is 14.4 Å². The second-order valence-electron chi connectivity index (χ2n) is 8.68. The molecule has 1 aliphatic carbocycles. The molecule has 2 amide bonds. The summed E-state index contributed by atoms with van der Waals surface area (Å²) in [6, 6.07) is 9.46. The molecule has 6 rings (SSSR count). The number of benzene rings is 1. The molecule has 8 nitrogen and oxygen atoms in total. The highest BCUT2D eigenvalue weighted by atomic mass is 16.6. The molecule has 3 aliphatic heterocycles. The van der Waals surface area contributed by atoms with E-state index in [4.69, 9.17) is 9.47 Å². The molecule has 1 aromatic heterocycles. The molecule has 2 saturated heterocycles. The van der Waals surface area contributed by atoms with Gasteiger partial charge in [0.1, 0.15) is 6.61 Å². The fourth-order valence-corrected chi connectivity index (χ4v) is 5.14. The number of fused-ring (bicyclic) bond motifs is 2. The van der Waals surface area contributed by atoms with Gasteiger partial charge in [0.05, 0.1) is 24.1 Å². The minimum absolute atomic E-state index is 0.0799. The number of ether oxygens (including phenoxy) is 2. The Morgan fingerprint density at radius 2 is 1.84 bits per heavy atom. The summed E-state index contributed by atoms with van der Waals surface area (Å²) in [7, 11) is 0. The van der Waals surface area contributed by atoms with Crippen LogP contribution in [-0.2, 0) is 25.3 Å². The monoisotopic (exact) mass is 419 g/mol. The van der Waals surface area contributed by atoms with Crippen molar-refractivity contribution in [1.82, 2.24) is 9.88 Å². The van der Waals surface area contributed by atoms with Gasteiger partial charge in [-0.3, -0.25) is 14.7 Å². The maximum Gasteiger partial charge on any atom is 0.414 e. The van der Waals surface area contributed by atoms with E-state index < -0.39 is 11.0 Å². The quantitative estimate of drug-likeness (QED) is 0.710. The molecular formula is C23H21N3O5. The van der Waals surface area contributed by atoms with Crippen molar-refractivity contribution >= 4 is 23.7 Å². The summed E-state index contributed by atoms with van der Waals surface area (Å²) < 4.78 is 10.8. The third-order valence-electron chi connectivity index (χ3n) is 6.99. The molecule has 1 saturated carbocycles. The molecule has 31 heavy (non-hydrogen) atoms. The van der Waals surface area contributed by atoms with Crippen LogP contribution in [0.1, 0.15) is 40.7 Å². The van der Waals surface area contributed by atoms with Crippen molar-refractivity contribution in [3.63, 3.8) is 0 Å². The average molecular weight is 419 g/mol. The molecule has 0 N–H and O–H groups in total. The first-order valence-electron chi connectivity index (χ1n) is 10.5. The summed E-state index contributed by atoms with van der Waals surface area (Å²) in [4.78, 5) is 45.1. The van der Waals surface area contributed by atoms with Crippen molar-refractivity contribution in [2.75, 3.05) is 31.1 Å². The van der Waals surface area contributed by atoms with E-state index >= 15 is 0 Å². The van der Waals surface area contributed by atoms with E-state index in [1.54, 1.807) is 11.1 Å². The number of likely N-dealkylation sites (tertiary alicyclic amines) is 1. The predicted molar refractivity (Wildman–Crippen MR) is 109 cm³/mol. The zero-order valence-corrected chi connectivity index (χ0v) is 16.9. The SMILES string of the molecule is O=C1OC2(CCN(C(=O)C3(c4ccc(N5CCOC5=O)cc4)CC3)C2)c2ccncc21. The molecule has 1 aromatic carbocycles. The molecule has 0 bridgehead atoms. The van der Waals surface area contributed by atoms with Crippen molar-refractivity contribution in [1.29, 1.82) is 0 Å². The summed E-state index contributed by atoms with van der Waals surface area (Å²) in [6.07, 6.45) is 5.04. The van der Waals surface area contributed by atoms with Crippen molar-refractivity contribution in [3.05, 3.63) is 59.4 Å². The first-order valence-corrected chi connectivity index (χ1v) is 10.5. The number of esters is 1. The highest BCUT2D eigenvalue weighted by Crippen LogP contribution is 2.52. The van der Waals surface area contributed by atoms with Crippen LogP contribution in [-0.4, -0.2) is 54.1 Å². The summed E-state index contributed by atoms with van der Waals surface area (Å²) >= 11 is 0. The molecule has 1 unspecified atom stereocenters. The maximum atomic E-state index is 13.5. The van der Waals surface area contributed by atoms with Crippen molar-refractivity contribution in [2.24, 2.45) is 0 Å². The standard InChI is InChI=1S/C23H21N3O5/c27-19-17-13-24-9-5-18(17)23(31-19)8-10-25(14-23)20(28)22(6-7-22)15-1-3-16(4-2-15)26-11-12-30-21(26)29/h1-5,9,13H,6-8,10-12,14H2. The maximum absolute atomic E-state index is 13.5. The van der Waals surface area contributed by atoms with E-state index in [9.17, 15) is 14.4 Å². The number of anilines is 1. The van der Waals surface area contributed by atoms with E-state index in [0.29, 0.717) is 38.2 Å². The lowest BCUT2D eigenvalue weighted by Crippen LogP contribution is -2.40. The van der Waals surface area contributed by atoms with E-state index in [1.165, 1.54) is 6.20 Å². The third-order valence-corrected chi connectivity index (χ3v) is 6.99. The van der Waals surface area contributed by atoms with Gasteiger partial charge in [-0.15, -0.1) is 0 Å². The van der Waals surface area contributed by atoms with Crippen LogP contribution in [0.4, 0.5) is 10.5 Å². The fourth-order valence-electron chi connectivity index (χ4n) is 5.14. The van der Waals surface area contributed by atoms with Crippen molar-refractivity contribution in [3.8, 4) is 0 Å². The van der Waals surface area contributed by atoms with E-state index in [2.05, 4.69) is 4.98 Å². The Morgan fingerprint density at radius 3 is 2.55 bits per heavy atom. The summed E-state index contributed by atoms with van der Waals surface area (Å²) in [6.45, 7) is 1.85. The van der Waals surface area contributed by atoms with Gasteiger partial charge in [0.15, 0.2) is 5.60 Å². The van der Waals surface area contributed by atoms with Crippen LogP contribution in [0.3, 0.4) is 0 Å².